The van der Waals surface area contributed by atoms with Crippen LogP contribution < -0.4 is 0 Å². The van der Waals surface area contributed by atoms with Gasteiger partial charge in [0, 0.05) is 13.2 Å². The Morgan fingerprint density at radius 1 is 0.800 bits per heavy atom. The molecule has 0 heterocycles. The number of hydrogen-bond donors (Lipinski definition) is 0. The van der Waals surface area contributed by atoms with E-state index >= 15 is 0 Å². The summed E-state index contributed by atoms with van der Waals surface area (Å²) in [7, 11) is -1.70. The van der Waals surface area contributed by atoms with Gasteiger partial charge in [-0.2, -0.15) is 0 Å². The van der Waals surface area contributed by atoms with Gasteiger partial charge >= 0.3 is 8.56 Å². The first-order chi connectivity index (χ1) is 6.76. The highest BCUT2D eigenvalue weighted by Crippen LogP contribution is 2.04. The number of rotatable bonds is 4. The molecule has 0 aliphatic heterocycles. The summed E-state index contributed by atoms with van der Waals surface area (Å²) in [6.07, 6.45) is 0. The Balaban J connectivity index is 0. The zero-order chi connectivity index (χ0) is 12.5. The van der Waals surface area contributed by atoms with E-state index in [4.69, 9.17) is 8.85 Å². The maximum Gasteiger partial charge on any atom is 0.331 e. The Kier molecular flexibility index (Phi) is 10.5. The Morgan fingerprint density at radius 3 is 1.20 bits per heavy atom. The quantitative estimate of drug-likeness (QED) is 0.536. The molecule has 0 radical (unpaired) electrons. The lowest BCUT2D eigenvalue weighted by atomic mass is 10.2. The molecular formula is C12H28O2Si. The molecule has 0 saturated carbocycles. The smallest absolute Gasteiger partial charge is 0.331 e. The maximum absolute atomic E-state index is 5.39. The maximum atomic E-state index is 5.39. The summed E-state index contributed by atoms with van der Waals surface area (Å²) in [6.45, 7) is 18.1. The lowest BCUT2D eigenvalue weighted by Gasteiger charge is -2.20. The van der Waals surface area contributed by atoms with Crippen LogP contribution in [-0.4, -0.2) is 21.8 Å². The van der Waals surface area contributed by atoms with Gasteiger partial charge in [-0.25, -0.2) is 0 Å². The minimum Gasteiger partial charge on any atom is -0.395 e. The molecule has 0 spiro atoms. The van der Waals surface area contributed by atoms with Crippen molar-refractivity contribution >= 4 is 8.56 Å². The normalized spacial score (nSPS) is 10.4. The van der Waals surface area contributed by atoms with Gasteiger partial charge in [-0.05, 0) is 54.6 Å². The van der Waals surface area contributed by atoms with Gasteiger partial charge in [-0.15, -0.1) is 0 Å². The summed E-state index contributed by atoms with van der Waals surface area (Å²) in [6, 6.07) is 0. The highest BCUT2D eigenvalue weighted by atomic mass is 28.4. The molecule has 0 fully saturated rings. The predicted molar refractivity (Wildman–Crippen MR) is 70.5 cm³/mol. The second kappa shape index (κ2) is 9.13. The van der Waals surface area contributed by atoms with Gasteiger partial charge in [0.25, 0.3) is 0 Å². The summed E-state index contributed by atoms with van der Waals surface area (Å²) < 4.78 is 10.8. The fourth-order valence-corrected chi connectivity index (χ4v) is 2.21. The van der Waals surface area contributed by atoms with E-state index in [9.17, 15) is 0 Å². The molecule has 0 amide bonds. The molecule has 0 aromatic rings. The van der Waals surface area contributed by atoms with Crippen LogP contribution in [0, 0.1) is 0 Å². The molecule has 0 unspecified atom stereocenters. The first-order valence-electron chi connectivity index (χ1n) is 5.65. The van der Waals surface area contributed by atoms with Crippen LogP contribution in [0.15, 0.2) is 11.1 Å². The summed E-state index contributed by atoms with van der Waals surface area (Å²) in [5.41, 5.74) is 2.85. The minimum atomic E-state index is -1.70. The van der Waals surface area contributed by atoms with Crippen molar-refractivity contribution in [3.05, 3.63) is 11.1 Å². The molecule has 0 aromatic heterocycles. The van der Waals surface area contributed by atoms with Crippen molar-refractivity contribution in [1.29, 1.82) is 0 Å². The van der Waals surface area contributed by atoms with Gasteiger partial charge < -0.3 is 8.85 Å². The zero-order valence-corrected chi connectivity index (χ0v) is 12.7. The average Bonchev–Trinajstić information content (AvgIpc) is 2.04. The lowest BCUT2D eigenvalue weighted by Crippen LogP contribution is -2.34. The molecule has 0 atom stereocenters. The van der Waals surface area contributed by atoms with Crippen LogP contribution in [0.3, 0.4) is 0 Å². The largest absolute Gasteiger partial charge is 0.395 e. The monoisotopic (exact) mass is 232 g/mol. The summed E-state index contributed by atoms with van der Waals surface area (Å²) in [5, 5.41) is 0. The van der Waals surface area contributed by atoms with Gasteiger partial charge in [0.05, 0.1) is 0 Å². The van der Waals surface area contributed by atoms with E-state index in [0.29, 0.717) is 0 Å². The molecule has 0 saturated heterocycles. The first-order valence-corrected chi connectivity index (χ1v) is 8.47. The summed E-state index contributed by atoms with van der Waals surface area (Å²) in [4.78, 5) is 0. The number of hydrogen-bond acceptors (Lipinski definition) is 2. The van der Waals surface area contributed by atoms with Crippen molar-refractivity contribution in [2.75, 3.05) is 13.2 Å². The van der Waals surface area contributed by atoms with Crippen molar-refractivity contribution in [1.82, 2.24) is 0 Å². The molecule has 0 aromatic carbocycles. The predicted octanol–water partition coefficient (Wildman–Crippen LogP) is 4.12. The molecule has 0 bridgehead atoms. The average molecular weight is 232 g/mol. The third-order valence-electron chi connectivity index (χ3n) is 1.98. The van der Waals surface area contributed by atoms with E-state index in [0.717, 1.165) is 13.2 Å². The second-order valence-corrected chi connectivity index (χ2v) is 7.64. The van der Waals surface area contributed by atoms with Crippen LogP contribution in [0.2, 0.25) is 13.1 Å². The molecular weight excluding hydrogens is 204 g/mol. The van der Waals surface area contributed by atoms with Crippen LogP contribution in [0.1, 0.15) is 41.5 Å². The SMILES string of the molecule is CC(C)=C(C)C.CCO[Si](C)(C)OCC. The first kappa shape index (κ1) is 17.3. The molecule has 0 N–H and O–H groups in total. The molecule has 0 rings (SSSR count). The van der Waals surface area contributed by atoms with E-state index < -0.39 is 8.56 Å². The van der Waals surface area contributed by atoms with Crippen molar-refractivity contribution in [2.24, 2.45) is 0 Å². The third-order valence-corrected chi connectivity index (χ3v) is 3.95. The van der Waals surface area contributed by atoms with Gasteiger partial charge in [-0.3, -0.25) is 0 Å². The van der Waals surface area contributed by atoms with Gasteiger partial charge in [0.2, 0.25) is 0 Å². The Labute approximate surface area is 96.9 Å². The fraction of sp³-hybridized carbons (Fsp3) is 0.833. The Hall–Kier alpha value is -0.123. The van der Waals surface area contributed by atoms with E-state index in [1.807, 2.05) is 13.8 Å². The van der Waals surface area contributed by atoms with Crippen molar-refractivity contribution in [3.63, 3.8) is 0 Å². The second-order valence-electron chi connectivity index (χ2n) is 4.27. The molecule has 0 aliphatic rings. The van der Waals surface area contributed by atoms with Crippen LogP contribution >= 0.6 is 0 Å². The van der Waals surface area contributed by atoms with Gasteiger partial charge in [-0.1, -0.05) is 11.1 Å². The van der Waals surface area contributed by atoms with E-state index in [-0.39, 0.29) is 0 Å². The topological polar surface area (TPSA) is 18.5 Å². The molecule has 92 valence electrons. The molecule has 2 nitrogen and oxygen atoms in total. The Morgan fingerprint density at radius 2 is 1.07 bits per heavy atom. The summed E-state index contributed by atoms with van der Waals surface area (Å²) in [5.74, 6) is 0. The van der Waals surface area contributed by atoms with Crippen LogP contribution in [0.25, 0.3) is 0 Å². The highest BCUT2D eigenvalue weighted by molar-refractivity contribution is 6.64. The van der Waals surface area contributed by atoms with Crippen LogP contribution in [0.4, 0.5) is 0 Å². The van der Waals surface area contributed by atoms with E-state index in [1.165, 1.54) is 11.1 Å². The Bertz CT molecular complexity index is 160. The van der Waals surface area contributed by atoms with Gasteiger partial charge in [0.1, 0.15) is 0 Å². The van der Waals surface area contributed by atoms with Crippen molar-refractivity contribution in [3.8, 4) is 0 Å². The van der Waals surface area contributed by atoms with E-state index in [1.54, 1.807) is 0 Å². The highest BCUT2D eigenvalue weighted by Gasteiger charge is 2.22. The standard InChI is InChI=1S/C6H16O2Si.C6H12/c1-5-7-9(3,4)8-6-2;1-5(2)6(3)4/h5-6H2,1-4H3;1-4H3. The fourth-order valence-electron chi connectivity index (χ4n) is 0.737. The van der Waals surface area contributed by atoms with Crippen molar-refractivity contribution in [2.45, 2.75) is 54.6 Å². The number of allylic oxidation sites excluding steroid dienone is 2. The molecule has 3 heteroatoms. The van der Waals surface area contributed by atoms with Crippen LogP contribution in [-0.2, 0) is 8.85 Å². The van der Waals surface area contributed by atoms with Gasteiger partial charge in [0.15, 0.2) is 0 Å². The molecule has 0 aliphatic carbocycles. The lowest BCUT2D eigenvalue weighted by molar-refractivity contribution is 0.196. The van der Waals surface area contributed by atoms with Crippen LogP contribution in [0.5, 0.6) is 0 Å². The van der Waals surface area contributed by atoms with E-state index in [2.05, 4.69) is 40.8 Å². The minimum absolute atomic E-state index is 0.763. The third kappa shape index (κ3) is 13.9. The zero-order valence-electron chi connectivity index (χ0n) is 11.7. The summed E-state index contributed by atoms with van der Waals surface area (Å²) >= 11 is 0. The van der Waals surface area contributed by atoms with Crippen molar-refractivity contribution < 1.29 is 8.85 Å². The molecule has 15 heavy (non-hydrogen) atoms.